The summed E-state index contributed by atoms with van der Waals surface area (Å²) in [5, 5.41) is 1.69. The van der Waals surface area contributed by atoms with Crippen LogP contribution in [0.25, 0.3) is 10.9 Å². The van der Waals surface area contributed by atoms with E-state index in [1.165, 1.54) is 0 Å². The Balaban J connectivity index is 1.47. The molecule has 7 heteroatoms. The summed E-state index contributed by atoms with van der Waals surface area (Å²) in [6.07, 6.45) is 0.460. The van der Waals surface area contributed by atoms with Gasteiger partial charge in [-0.05, 0) is 35.4 Å². The number of rotatable bonds is 4. The molecule has 0 saturated carbocycles. The number of carbonyl (C=O) groups excluding carboxylic acids is 2. The van der Waals surface area contributed by atoms with E-state index in [0.717, 1.165) is 33.3 Å². The number of benzene rings is 3. The fourth-order valence-corrected chi connectivity index (χ4v) is 5.74. The fourth-order valence-electron chi connectivity index (χ4n) is 5.53. The van der Waals surface area contributed by atoms with Gasteiger partial charge < -0.3 is 19.5 Å². The van der Waals surface area contributed by atoms with Gasteiger partial charge in [0.1, 0.15) is 24.4 Å². The number of halogens is 1. The molecule has 0 bridgehead atoms. The second-order valence-corrected chi connectivity index (χ2v) is 9.49. The largest absolute Gasteiger partial charge is 0.496 e. The molecule has 1 saturated heterocycles. The number of carbonyl (C=O) groups is 2. The minimum Gasteiger partial charge on any atom is -0.496 e. The van der Waals surface area contributed by atoms with Crippen molar-refractivity contribution in [2.75, 3.05) is 13.7 Å². The average molecular weight is 486 g/mol. The second-order valence-electron chi connectivity index (χ2n) is 9.05. The number of fused-ring (bicyclic) bond motifs is 4. The number of hydrogen-bond donors (Lipinski definition) is 1. The van der Waals surface area contributed by atoms with Gasteiger partial charge in [0.15, 0.2) is 0 Å². The zero-order valence-electron chi connectivity index (χ0n) is 19.2. The summed E-state index contributed by atoms with van der Waals surface area (Å²) < 4.78 is 5.68. The van der Waals surface area contributed by atoms with Crippen molar-refractivity contribution in [3.63, 3.8) is 0 Å². The van der Waals surface area contributed by atoms with Gasteiger partial charge >= 0.3 is 0 Å². The van der Waals surface area contributed by atoms with Crippen LogP contribution in [0.2, 0.25) is 5.02 Å². The second kappa shape index (κ2) is 8.47. The van der Waals surface area contributed by atoms with Crippen molar-refractivity contribution in [3.8, 4) is 5.75 Å². The maximum Gasteiger partial charge on any atom is 0.246 e. The molecule has 4 aromatic rings. The number of para-hydroxylation sites is 2. The Kier molecular flexibility index (Phi) is 5.26. The van der Waals surface area contributed by atoms with Gasteiger partial charge in [0.25, 0.3) is 0 Å². The first-order chi connectivity index (χ1) is 17.0. The van der Waals surface area contributed by atoms with Gasteiger partial charge in [0.05, 0.1) is 7.11 Å². The molecule has 1 N–H and O–H groups in total. The van der Waals surface area contributed by atoms with E-state index in [1.807, 2.05) is 60.7 Å². The van der Waals surface area contributed by atoms with E-state index in [2.05, 4.69) is 11.1 Å². The van der Waals surface area contributed by atoms with E-state index in [4.69, 9.17) is 16.3 Å². The molecule has 1 fully saturated rings. The molecule has 1 aromatic heterocycles. The van der Waals surface area contributed by atoms with Crippen LogP contribution in [0.5, 0.6) is 5.75 Å². The third-order valence-corrected chi connectivity index (χ3v) is 7.27. The molecular weight excluding hydrogens is 462 g/mol. The normalized spacial score (nSPS) is 19.6. The van der Waals surface area contributed by atoms with Crippen molar-refractivity contribution in [2.45, 2.75) is 25.0 Å². The van der Waals surface area contributed by atoms with E-state index >= 15 is 0 Å². The van der Waals surface area contributed by atoms with Gasteiger partial charge in [-0.15, -0.1) is 0 Å². The summed E-state index contributed by atoms with van der Waals surface area (Å²) in [5.41, 5.74) is 4.77. The molecule has 2 aliphatic rings. The van der Waals surface area contributed by atoms with Crippen molar-refractivity contribution in [1.82, 2.24) is 14.8 Å². The number of hydrogen-bond acceptors (Lipinski definition) is 3. The van der Waals surface area contributed by atoms with Crippen molar-refractivity contribution < 1.29 is 14.3 Å². The topological polar surface area (TPSA) is 65.6 Å². The molecule has 176 valence electrons. The maximum atomic E-state index is 13.9. The monoisotopic (exact) mass is 485 g/mol. The Morgan fingerprint density at radius 1 is 1.03 bits per heavy atom. The first kappa shape index (κ1) is 21.7. The van der Waals surface area contributed by atoms with Crippen LogP contribution in [0.4, 0.5) is 0 Å². The summed E-state index contributed by atoms with van der Waals surface area (Å²) >= 11 is 6.16. The van der Waals surface area contributed by atoms with E-state index in [1.54, 1.807) is 23.0 Å². The van der Waals surface area contributed by atoms with Crippen molar-refractivity contribution in [1.29, 1.82) is 0 Å². The van der Waals surface area contributed by atoms with Gasteiger partial charge in [0, 0.05) is 40.1 Å². The van der Waals surface area contributed by atoms with Gasteiger partial charge in [-0.2, -0.15) is 0 Å². The van der Waals surface area contributed by atoms with Crippen LogP contribution in [0, 0.1) is 0 Å². The van der Waals surface area contributed by atoms with Gasteiger partial charge in [-0.25, -0.2) is 0 Å². The summed E-state index contributed by atoms with van der Waals surface area (Å²) in [7, 11) is 1.63. The number of nitrogens with one attached hydrogen (secondary N) is 1. The van der Waals surface area contributed by atoms with Gasteiger partial charge in [-0.3, -0.25) is 9.59 Å². The summed E-state index contributed by atoms with van der Waals surface area (Å²) in [4.78, 5) is 34.5. The van der Waals surface area contributed by atoms with E-state index in [-0.39, 0.29) is 18.4 Å². The number of aromatic amines is 1. The van der Waals surface area contributed by atoms with Crippen LogP contribution < -0.4 is 4.74 Å². The zero-order chi connectivity index (χ0) is 24.1. The molecular formula is C28H24ClN3O3. The van der Waals surface area contributed by atoms with Crippen molar-refractivity contribution >= 4 is 34.3 Å². The molecule has 0 unspecified atom stereocenters. The molecule has 2 atom stereocenters. The highest BCUT2D eigenvalue weighted by molar-refractivity contribution is 6.30. The number of amides is 2. The first-order valence-electron chi connectivity index (χ1n) is 11.6. The molecule has 35 heavy (non-hydrogen) atoms. The molecule has 3 heterocycles. The van der Waals surface area contributed by atoms with Crippen molar-refractivity contribution in [2.24, 2.45) is 0 Å². The van der Waals surface area contributed by atoms with Crippen LogP contribution in [0.15, 0.2) is 72.8 Å². The third-order valence-electron chi connectivity index (χ3n) is 7.04. The average Bonchev–Trinajstić information content (AvgIpc) is 3.24. The smallest absolute Gasteiger partial charge is 0.246 e. The minimum atomic E-state index is -0.600. The van der Waals surface area contributed by atoms with E-state index in [9.17, 15) is 9.59 Å². The van der Waals surface area contributed by atoms with Gasteiger partial charge in [-0.1, -0.05) is 60.1 Å². The molecule has 2 amide bonds. The number of piperazine rings is 1. The summed E-state index contributed by atoms with van der Waals surface area (Å²) in [6, 6.07) is 22.2. The maximum absolute atomic E-state index is 13.9. The molecule has 0 radical (unpaired) electrons. The highest BCUT2D eigenvalue weighted by atomic mass is 35.5. The Hall–Kier alpha value is -3.77. The third kappa shape index (κ3) is 3.56. The van der Waals surface area contributed by atoms with Crippen LogP contribution in [0.1, 0.15) is 28.4 Å². The van der Waals surface area contributed by atoms with Crippen LogP contribution in [0.3, 0.4) is 0 Å². The van der Waals surface area contributed by atoms with Crippen LogP contribution in [-0.4, -0.2) is 46.3 Å². The zero-order valence-corrected chi connectivity index (χ0v) is 20.0. The van der Waals surface area contributed by atoms with Crippen LogP contribution in [-0.2, 0) is 22.6 Å². The van der Waals surface area contributed by atoms with Crippen LogP contribution >= 0.6 is 11.6 Å². The lowest BCUT2D eigenvalue weighted by Crippen LogP contribution is -2.62. The number of nitrogens with zero attached hydrogens (tertiary/aromatic N) is 2. The Bertz CT molecular complexity index is 1460. The molecule has 6 rings (SSSR count). The number of aromatic nitrogens is 1. The highest BCUT2D eigenvalue weighted by Crippen LogP contribution is 2.44. The number of ether oxygens (including phenoxy) is 1. The summed E-state index contributed by atoms with van der Waals surface area (Å²) in [6.45, 7) is 0.360. The van der Waals surface area contributed by atoms with Crippen molar-refractivity contribution in [3.05, 3.63) is 100 Å². The quantitative estimate of drug-likeness (QED) is 0.455. The first-order valence-corrected chi connectivity index (χ1v) is 12.0. The Labute approximate surface area is 208 Å². The number of H-pyrrole nitrogens is 1. The Morgan fingerprint density at radius 2 is 1.83 bits per heavy atom. The van der Waals surface area contributed by atoms with E-state index < -0.39 is 12.1 Å². The predicted molar refractivity (Wildman–Crippen MR) is 134 cm³/mol. The lowest BCUT2D eigenvalue weighted by molar-refractivity contribution is -0.159. The predicted octanol–water partition coefficient (Wildman–Crippen LogP) is 4.72. The fraction of sp³-hybridized carbons (Fsp3) is 0.214. The lowest BCUT2D eigenvalue weighted by atomic mass is 9.86. The minimum absolute atomic E-state index is 0.0169. The molecule has 0 spiro atoms. The molecule has 3 aromatic carbocycles. The standard InChI is InChI=1S/C28H24ClN3O3/c1-35-24-12-5-3-10-20(24)27-26-21(19-9-2-4-11-22(19)30-26)14-23-28(34)31(16-25(33)32(23)27)15-17-7-6-8-18(29)13-17/h2-13,23,27,30H,14-16H2,1H3/t23-,27+/m0/s1. The lowest BCUT2D eigenvalue weighted by Gasteiger charge is -2.47. The van der Waals surface area contributed by atoms with Gasteiger partial charge in [0.2, 0.25) is 11.8 Å². The van der Waals surface area contributed by atoms with E-state index in [0.29, 0.717) is 23.7 Å². The summed E-state index contributed by atoms with van der Waals surface area (Å²) in [5.74, 6) is 0.543. The molecule has 6 nitrogen and oxygen atoms in total. The highest BCUT2D eigenvalue weighted by Gasteiger charge is 2.48. The Morgan fingerprint density at radius 3 is 2.66 bits per heavy atom. The number of methoxy groups -OCH3 is 1. The SMILES string of the molecule is COc1ccccc1[C@@H]1c2[nH]c3ccccc3c2C[C@H]2C(=O)N(Cc3cccc(Cl)c3)CC(=O)N12. The molecule has 0 aliphatic carbocycles. The molecule has 2 aliphatic heterocycles.